The summed E-state index contributed by atoms with van der Waals surface area (Å²) in [6.45, 7) is 2.51. The lowest BCUT2D eigenvalue weighted by Crippen LogP contribution is -2.24. The molecule has 22 heavy (non-hydrogen) atoms. The van der Waals surface area contributed by atoms with E-state index in [0.29, 0.717) is 18.7 Å². The van der Waals surface area contributed by atoms with Gasteiger partial charge in [-0.1, -0.05) is 0 Å². The molecule has 0 amide bonds. The van der Waals surface area contributed by atoms with Crippen molar-refractivity contribution in [2.45, 2.75) is 19.4 Å². The SMILES string of the molecule is CCN(/C(C=O)=C\C(C/C=C/OC)OC)c1ccc(F)cc1. The lowest BCUT2D eigenvalue weighted by molar-refractivity contribution is -0.105. The highest BCUT2D eigenvalue weighted by Gasteiger charge is 2.12. The second kappa shape index (κ2) is 9.73. The molecule has 120 valence electrons. The van der Waals surface area contributed by atoms with Crippen LogP contribution in [-0.2, 0) is 14.3 Å². The van der Waals surface area contributed by atoms with Crippen molar-refractivity contribution in [3.63, 3.8) is 0 Å². The zero-order valence-corrected chi connectivity index (χ0v) is 13.2. The van der Waals surface area contributed by atoms with Crippen LogP contribution in [0.15, 0.2) is 48.4 Å². The van der Waals surface area contributed by atoms with Crippen LogP contribution in [0.1, 0.15) is 13.3 Å². The molecule has 1 unspecified atom stereocenters. The molecule has 1 aromatic carbocycles. The molecule has 0 fully saturated rings. The summed E-state index contributed by atoms with van der Waals surface area (Å²) in [6.07, 6.45) is 6.25. The van der Waals surface area contributed by atoms with E-state index in [1.807, 2.05) is 13.0 Å². The molecular weight excluding hydrogens is 285 g/mol. The molecule has 0 spiro atoms. The second-order valence-electron chi connectivity index (χ2n) is 4.55. The molecule has 0 aromatic heterocycles. The van der Waals surface area contributed by atoms with Crippen LogP contribution in [0.4, 0.5) is 10.1 Å². The van der Waals surface area contributed by atoms with E-state index in [1.165, 1.54) is 12.1 Å². The van der Waals surface area contributed by atoms with Gasteiger partial charge in [0.25, 0.3) is 0 Å². The highest BCUT2D eigenvalue weighted by molar-refractivity contribution is 5.80. The fourth-order valence-corrected chi connectivity index (χ4v) is 2.04. The van der Waals surface area contributed by atoms with Gasteiger partial charge in [-0.3, -0.25) is 4.79 Å². The normalized spacial score (nSPS) is 13.2. The van der Waals surface area contributed by atoms with Gasteiger partial charge in [0.15, 0.2) is 6.29 Å². The first-order valence-corrected chi connectivity index (χ1v) is 7.07. The van der Waals surface area contributed by atoms with E-state index in [-0.39, 0.29) is 11.9 Å². The number of hydrogen-bond acceptors (Lipinski definition) is 4. The summed E-state index contributed by atoms with van der Waals surface area (Å²) >= 11 is 0. The maximum atomic E-state index is 13.0. The van der Waals surface area contributed by atoms with Crippen molar-refractivity contribution in [3.8, 4) is 0 Å². The number of carbonyl (C=O) groups is 1. The zero-order chi connectivity index (χ0) is 16.4. The van der Waals surface area contributed by atoms with E-state index in [0.717, 1.165) is 12.0 Å². The lowest BCUT2D eigenvalue weighted by atomic mass is 10.2. The molecule has 0 N–H and O–H groups in total. The number of nitrogens with zero attached hydrogens (tertiary/aromatic N) is 1. The molecule has 1 atom stereocenters. The van der Waals surface area contributed by atoms with Crippen LogP contribution in [0, 0.1) is 5.82 Å². The van der Waals surface area contributed by atoms with E-state index in [1.54, 1.807) is 43.6 Å². The van der Waals surface area contributed by atoms with Crippen LogP contribution in [0.2, 0.25) is 0 Å². The summed E-state index contributed by atoms with van der Waals surface area (Å²) in [5.74, 6) is -0.309. The molecule has 0 saturated heterocycles. The van der Waals surface area contributed by atoms with Crippen molar-refractivity contribution in [2.24, 2.45) is 0 Å². The standard InChI is InChI=1S/C17H22FNO3/c1-4-19(15-9-7-14(18)8-10-15)16(13-20)12-17(22-3)6-5-11-21-2/h5,7-13,17H,4,6H2,1-3H3/b11-5+,16-12-. The van der Waals surface area contributed by atoms with Crippen LogP contribution in [0.25, 0.3) is 0 Å². The number of allylic oxidation sites excluding steroid dienone is 1. The Bertz CT molecular complexity index is 511. The Hall–Kier alpha value is -2.14. The predicted molar refractivity (Wildman–Crippen MR) is 85.1 cm³/mol. The quantitative estimate of drug-likeness (QED) is 0.399. The Labute approximate surface area is 130 Å². The molecular formula is C17H22FNO3. The first-order valence-electron chi connectivity index (χ1n) is 7.07. The fourth-order valence-electron chi connectivity index (χ4n) is 2.04. The van der Waals surface area contributed by atoms with Crippen LogP contribution in [0.3, 0.4) is 0 Å². The maximum Gasteiger partial charge on any atom is 0.166 e. The largest absolute Gasteiger partial charge is 0.505 e. The van der Waals surface area contributed by atoms with Gasteiger partial charge in [-0.25, -0.2) is 4.39 Å². The average Bonchev–Trinajstić information content (AvgIpc) is 2.54. The molecule has 0 saturated carbocycles. The summed E-state index contributed by atoms with van der Waals surface area (Å²) in [6, 6.07) is 6.02. The van der Waals surface area contributed by atoms with Crippen molar-refractivity contribution in [3.05, 3.63) is 54.2 Å². The Morgan fingerprint density at radius 1 is 1.32 bits per heavy atom. The van der Waals surface area contributed by atoms with E-state index in [4.69, 9.17) is 9.47 Å². The maximum absolute atomic E-state index is 13.0. The number of ether oxygens (including phenoxy) is 2. The molecule has 0 aliphatic heterocycles. The van der Waals surface area contributed by atoms with Gasteiger partial charge >= 0.3 is 0 Å². The fraction of sp³-hybridized carbons (Fsp3) is 0.353. The summed E-state index contributed by atoms with van der Waals surface area (Å²) in [7, 11) is 3.15. The third kappa shape index (κ3) is 5.33. The number of carbonyl (C=O) groups excluding carboxylic acids is 1. The number of methoxy groups -OCH3 is 2. The minimum atomic E-state index is -0.309. The van der Waals surface area contributed by atoms with Gasteiger partial charge in [-0.15, -0.1) is 0 Å². The molecule has 0 heterocycles. The third-order valence-corrected chi connectivity index (χ3v) is 3.15. The lowest BCUT2D eigenvalue weighted by Gasteiger charge is -2.24. The summed E-state index contributed by atoms with van der Waals surface area (Å²) in [5.41, 5.74) is 1.23. The van der Waals surface area contributed by atoms with E-state index >= 15 is 0 Å². The zero-order valence-electron chi connectivity index (χ0n) is 13.2. The van der Waals surface area contributed by atoms with Gasteiger partial charge in [0.1, 0.15) is 5.82 Å². The number of likely N-dealkylation sites (N-methyl/N-ethyl adjacent to an activating group) is 1. The molecule has 0 radical (unpaired) electrons. The molecule has 1 rings (SSSR count). The van der Waals surface area contributed by atoms with E-state index in [2.05, 4.69) is 0 Å². The number of benzene rings is 1. The number of halogens is 1. The average molecular weight is 307 g/mol. The number of rotatable bonds is 9. The van der Waals surface area contributed by atoms with Crippen LogP contribution < -0.4 is 4.90 Å². The third-order valence-electron chi connectivity index (χ3n) is 3.15. The molecule has 0 aliphatic carbocycles. The van der Waals surface area contributed by atoms with Crippen LogP contribution >= 0.6 is 0 Å². The van der Waals surface area contributed by atoms with Crippen molar-refractivity contribution >= 4 is 12.0 Å². The molecule has 0 bridgehead atoms. The van der Waals surface area contributed by atoms with Crippen molar-refractivity contribution in [2.75, 3.05) is 25.7 Å². The monoisotopic (exact) mass is 307 g/mol. The molecule has 1 aromatic rings. The van der Waals surface area contributed by atoms with Gasteiger partial charge in [-0.2, -0.15) is 0 Å². The first kappa shape index (κ1) is 17.9. The van der Waals surface area contributed by atoms with Crippen molar-refractivity contribution in [1.29, 1.82) is 0 Å². The Morgan fingerprint density at radius 3 is 2.50 bits per heavy atom. The number of anilines is 1. The highest BCUT2D eigenvalue weighted by atomic mass is 19.1. The number of aldehydes is 1. The Kier molecular flexibility index (Phi) is 7.92. The van der Waals surface area contributed by atoms with Crippen molar-refractivity contribution in [1.82, 2.24) is 0 Å². The van der Waals surface area contributed by atoms with E-state index < -0.39 is 0 Å². The molecule has 5 heteroatoms. The first-order chi connectivity index (χ1) is 10.7. The van der Waals surface area contributed by atoms with Gasteiger partial charge < -0.3 is 14.4 Å². The van der Waals surface area contributed by atoms with Gasteiger partial charge in [0, 0.05) is 19.3 Å². The topological polar surface area (TPSA) is 38.8 Å². The Morgan fingerprint density at radius 2 is 2.00 bits per heavy atom. The molecule has 0 aliphatic rings. The minimum Gasteiger partial charge on any atom is -0.505 e. The second-order valence-corrected chi connectivity index (χ2v) is 4.55. The molecule has 4 nitrogen and oxygen atoms in total. The summed E-state index contributed by atoms with van der Waals surface area (Å²) in [5, 5.41) is 0. The highest BCUT2D eigenvalue weighted by Crippen LogP contribution is 2.19. The van der Waals surface area contributed by atoms with Gasteiger partial charge in [0.2, 0.25) is 0 Å². The van der Waals surface area contributed by atoms with Crippen LogP contribution in [-0.4, -0.2) is 33.2 Å². The predicted octanol–water partition coefficient (Wildman–Crippen LogP) is 3.30. The van der Waals surface area contributed by atoms with Crippen molar-refractivity contribution < 1.29 is 18.7 Å². The van der Waals surface area contributed by atoms with Gasteiger partial charge in [0.05, 0.1) is 25.2 Å². The minimum absolute atomic E-state index is 0.249. The summed E-state index contributed by atoms with van der Waals surface area (Å²) < 4.78 is 23.2. The van der Waals surface area contributed by atoms with E-state index in [9.17, 15) is 9.18 Å². The van der Waals surface area contributed by atoms with Crippen LogP contribution in [0.5, 0.6) is 0 Å². The van der Waals surface area contributed by atoms with Gasteiger partial charge in [-0.05, 0) is 49.8 Å². The summed E-state index contributed by atoms with van der Waals surface area (Å²) in [4.78, 5) is 13.2. The Balaban J connectivity index is 2.98. The smallest absolute Gasteiger partial charge is 0.166 e. The number of hydrogen-bond donors (Lipinski definition) is 0.